The smallest absolute Gasteiger partial charge is 0.145 e. The Bertz CT molecular complexity index is 4180. The summed E-state index contributed by atoms with van der Waals surface area (Å²) in [6.07, 6.45) is 24.7. The molecule has 3 aromatic heterocycles. The van der Waals surface area contributed by atoms with Gasteiger partial charge in [0.05, 0.1) is 11.0 Å². The summed E-state index contributed by atoms with van der Waals surface area (Å²) in [5, 5.41) is 10.2. The van der Waals surface area contributed by atoms with Crippen LogP contribution in [0.3, 0.4) is 0 Å². The average molecular weight is 1030 g/mol. The Balaban J connectivity index is 0.858. The SMILES string of the molecule is CCCCCCCCn1c2ccccc2c2cc(/C=C/c3ccc4c(c3)c3cc(/C=C/c5ccc(-c6nc7c8ccccc8c8ccccc8c7n6-c6ccc(C(C)(C)C)cc6)cc5)ccc3n4CCCCCCCC)ccc21. The zero-order chi connectivity index (χ0) is 53.9. The number of nitrogens with zero attached hydrogens (tertiary/aromatic N) is 4. The van der Waals surface area contributed by atoms with Crippen molar-refractivity contribution >= 4 is 100 Å². The van der Waals surface area contributed by atoms with E-state index in [9.17, 15) is 0 Å². The van der Waals surface area contributed by atoms with Gasteiger partial charge in [0.15, 0.2) is 0 Å². The van der Waals surface area contributed by atoms with Crippen LogP contribution in [0.4, 0.5) is 0 Å². The number of hydrogen-bond acceptors (Lipinski definition) is 1. The number of benzene rings is 9. The fourth-order valence-electron chi connectivity index (χ4n) is 12.5. The summed E-state index contributed by atoms with van der Waals surface area (Å²) in [6.45, 7) is 13.5. The maximum Gasteiger partial charge on any atom is 0.145 e. The second-order valence-electron chi connectivity index (χ2n) is 23.3. The van der Waals surface area contributed by atoms with Crippen molar-refractivity contribution < 1.29 is 0 Å². The molecule has 0 aliphatic carbocycles. The lowest BCUT2D eigenvalue weighted by atomic mass is 9.87. The molecule has 0 aliphatic heterocycles. The normalized spacial score (nSPS) is 12.5. The first kappa shape index (κ1) is 51.8. The molecule has 12 aromatic rings. The van der Waals surface area contributed by atoms with Crippen molar-refractivity contribution in [3.8, 4) is 17.1 Å². The minimum absolute atomic E-state index is 0.0537. The van der Waals surface area contributed by atoms with Crippen LogP contribution in [-0.4, -0.2) is 18.7 Å². The molecule has 0 amide bonds. The van der Waals surface area contributed by atoms with Crippen LogP contribution in [0.1, 0.15) is 139 Å². The van der Waals surface area contributed by atoms with Gasteiger partial charge in [-0.3, -0.25) is 4.57 Å². The number of aromatic nitrogens is 4. The van der Waals surface area contributed by atoms with Gasteiger partial charge in [-0.2, -0.15) is 0 Å². The third kappa shape index (κ3) is 10.5. The maximum absolute atomic E-state index is 5.53. The number of unbranched alkanes of at least 4 members (excludes halogenated alkanes) is 10. The highest BCUT2D eigenvalue weighted by Gasteiger charge is 2.22. The topological polar surface area (TPSA) is 27.7 Å². The molecule has 9 aromatic carbocycles. The zero-order valence-corrected chi connectivity index (χ0v) is 47.2. The first-order valence-corrected chi connectivity index (χ1v) is 29.7. The van der Waals surface area contributed by atoms with Gasteiger partial charge in [0, 0.05) is 78.7 Å². The molecule has 12 rings (SSSR count). The van der Waals surface area contributed by atoms with E-state index in [0.717, 1.165) is 46.8 Å². The van der Waals surface area contributed by atoms with Crippen LogP contribution >= 0.6 is 0 Å². The number of imidazole rings is 1. The molecule has 4 nitrogen and oxygen atoms in total. The molecule has 79 heavy (non-hydrogen) atoms. The van der Waals surface area contributed by atoms with E-state index in [1.54, 1.807) is 0 Å². The van der Waals surface area contributed by atoms with Gasteiger partial charge in [-0.25, -0.2) is 4.98 Å². The van der Waals surface area contributed by atoms with Gasteiger partial charge in [0.25, 0.3) is 0 Å². The predicted octanol–water partition coefficient (Wildman–Crippen LogP) is 21.6. The molecule has 0 bridgehead atoms. The van der Waals surface area contributed by atoms with Crippen molar-refractivity contribution in [3.63, 3.8) is 0 Å². The van der Waals surface area contributed by atoms with Crippen molar-refractivity contribution in [2.75, 3.05) is 0 Å². The highest BCUT2D eigenvalue weighted by molar-refractivity contribution is 6.24. The number of fused-ring (bicyclic) bond motifs is 12. The van der Waals surface area contributed by atoms with Crippen LogP contribution in [-0.2, 0) is 18.5 Å². The largest absolute Gasteiger partial charge is 0.340 e. The molecule has 0 radical (unpaired) electrons. The van der Waals surface area contributed by atoms with E-state index in [2.05, 4.69) is 249 Å². The Morgan fingerprint density at radius 3 is 1.33 bits per heavy atom. The van der Waals surface area contributed by atoms with Gasteiger partial charge >= 0.3 is 0 Å². The Kier molecular flexibility index (Phi) is 14.9. The van der Waals surface area contributed by atoms with Crippen LogP contribution < -0.4 is 0 Å². The van der Waals surface area contributed by atoms with Crippen molar-refractivity contribution in [2.45, 2.75) is 130 Å². The molecular formula is C75H76N4. The molecule has 0 fully saturated rings. The summed E-state index contributed by atoms with van der Waals surface area (Å²) in [5.41, 5.74) is 15.8. The lowest BCUT2D eigenvalue weighted by molar-refractivity contribution is 0.571. The Labute approximate surface area is 467 Å². The third-order valence-corrected chi connectivity index (χ3v) is 16.8. The molecule has 4 heteroatoms. The summed E-state index contributed by atoms with van der Waals surface area (Å²) >= 11 is 0. The monoisotopic (exact) mass is 1030 g/mol. The van der Waals surface area contributed by atoms with Crippen LogP contribution in [0.15, 0.2) is 176 Å². The zero-order valence-electron chi connectivity index (χ0n) is 47.2. The van der Waals surface area contributed by atoms with Gasteiger partial charge in [-0.1, -0.05) is 244 Å². The van der Waals surface area contributed by atoms with Crippen molar-refractivity contribution in [3.05, 3.63) is 204 Å². The van der Waals surface area contributed by atoms with Crippen LogP contribution in [0, 0.1) is 0 Å². The second kappa shape index (κ2) is 22.8. The van der Waals surface area contributed by atoms with Crippen LogP contribution in [0.2, 0.25) is 0 Å². The van der Waals surface area contributed by atoms with Crippen LogP contribution in [0.25, 0.3) is 118 Å². The average Bonchev–Trinajstić information content (AvgIpc) is 4.36. The Morgan fingerprint density at radius 1 is 0.380 bits per heavy atom. The van der Waals surface area contributed by atoms with E-state index in [0.29, 0.717) is 0 Å². The van der Waals surface area contributed by atoms with Crippen molar-refractivity contribution in [1.82, 2.24) is 18.7 Å². The Morgan fingerprint density at radius 2 is 0.797 bits per heavy atom. The molecule has 0 aliphatic rings. The summed E-state index contributed by atoms with van der Waals surface area (Å²) < 4.78 is 7.52. The number of rotatable bonds is 20. The molecule has 0 atom stereocenters. The second-order valence-corrected chi connectivity index (χ2v) is 23.3. The standard InChI is InChI=1S/C75H76N4/c1-6-8-10-12-14-22-48-77-68-29-21-20-26-62(68)65-50-55(36-45-69(65)77)32-33-56-38-47-71-67(52-56)66-51-54(37-46-70(66)78(71)49-23-15-13-11-9-7-2)31-30-53-34-39-57(40-35-53)74-76-72-63-27-18-16-24-60(63)61-25-17-19-28-64(61)73(72)79(74)59-43-41-58(42-44-59)75(3,4)5/h16-21,24-47,50-52H,6-15,22-23,48-49H2,1-5H3/b31-30+,33-32+. The van der Waals surface area contributed by atoms with E-state index in [1.165, 1.54) is 164 Å². The van der Waals surface area contributed by atoms with E-state index in [-0.39, 0.29) is 5.41 Å². The first-order valence-electron chi connectivity index (χ1n) is 29.7. The summed E-state index contributed by atoms with van der Waals surface area (Å²) in [7, 11) is 0. The molecule has 396 valence electrons. The molecule has 0 spiro atoms. The minimum atomic E-state index is 0.0537. The van der Waals surface area contributed by atoms with Gasteiger partial charge < -0.3 is 9.13 Å². The molecule has 3 heterocycles. The molecule has 0 saturated carbocycles. The summed E-state index contributed by atoms with van der Waals surface area (Å²) in [6, 6.07) is 65.8. The van der Waals surface area contributed by atoms with Crippen molar-refractivity contribution in [1.29, 1.82) is 0 Å². The molecule has 0 saturated heterocycles. The number of aryl methyl sites for hydroxylation is 2. The highest BCUT2D eigenvalue weighted by atomic mass is 15.1. The minimum Gasteiger partial charge on any atom is -0.340 e. The third-order valence-electron chi connectivity index (χ3n) is 16.8. The van der Waals surface area contributed by atoms with E-state index in [1.807, 2.05) is 0 Å². The molecular weight excluding hydrogens is 957 g/mol. The van der Waals surface area contributed by atoms with Crippen LogP contribution in [0.5, 0.6) is 0 Å². The van der Waals surface area contributed by atoms with Gasteiger partial charge in [-0.05, 0) is 111 Å². The van der Waals surface area contributed by atoms with E-state index < -0.39 is 0 Å². The maximum atomic E-state index is 5.53. The quantitative estimate of drug-likeness (QED) is 0.0425. The number of para-hydroxylation sites is 1. The number of hydrogen-bond donors (Lipinski definition) is 0. The van der Waals surface area contributed by atoms with Gasteiger partial charge in [0.1, 0.15) is 5.82 Å². The predicted molar refractivity (Wildman–Crippen MR) is 344 cm³/mol. The lowest BCUT2D eigenvalue weighted by Gasteiger charge is -2.20. The van der Waals surface area contributed by atoms with Gasteiger partial charge in [0.2, 0.25) is 0 Å². The first-order chi connectivity index (χ1) is 38.7. The fourth-order valence-corrected chi connectivity index (χ4v) is 12.5. The lowest BCUT2D eigenvalue weighted by Crippen LogP contribution is -2.11. The molecule has 0 unspecified atom stereocenters. The summed E-state index contributed by atoms with van der Waals surface area (Å²) in [4.78, 5) is 5.53. The Hall–Kier alpha value is -7.95. The van der Waals surface area contributed by atoms with E-state index in [4.69, 9.17) is 4.98 Å². The highest BCUT2D eigenvalue weighted by Crippen LogP contribution is 2.40. The summed E-state index contributed by atoms with van der Waals surface area (Å²) in [5.74, 6) is 0.941. The van der Waals surface area contributed by atoms with E-state index >= 15 is 0 Å². The van der Waals surface area contributed by atoms with Gasteiger partial charge in [-0.15, -0.1) is 0 Å². The van der Waals surface area contributed by atoms with Crippen molar-refractivity contribution in [2.24, 2.45) is 0 Å². The fraction of sp³-hybridized carbons (Fsp3) is 0.267. The molecule has 0 N–H and O–H groups in total.